The standard InChI is InChI=1S/C9H18N2/c1-5-8-9(6-2)11(4)10-7-3/h7-8,10H,3,5-6H2,1-2,4H3/b9-8+. The Hall–Kier alpha value is -0.920. The molecule has 0 rings (SSSR count). The molecule has 0 aromatic carbocycles. The Bertz CT molecular complexity index is 138. The van der Waals surface area contributed by atoms with Crippen LogP contribution < -0.4 is 5.43 Å². The zero-order valence-corrected chi connectivity index (χ0v) is 7.72. The van der Waals surface area contributed by atoms with E-state index in [1.54, 1.807) is 6.20 Å². The van der Waals surface area contributed by atoms with Crippen molar-refractivity contribution in [1.82, 2.24) is 10.4 Å². The quantitative estimate of drug-likeness (QED) is 0.611. The second-order valence-electron chi connectivity index (χ2n) is 2.35. The second kappa shape index (κ2) is 5.83. The SMILES string of the molecule is C=CNN(C)/C(=C/CC)CC. The van der Waals surface area contributed by atoms with Crippen LogP contribution in [0.5, 0.6) is 0 Å². The first kappa shape index (κ1) is 10.1. The van der Waals surface area contributed by atoms with Crippen molar-refractivity contribution in [3.05, 3.63) is 24.6 Å². The summed E-state index contributed by atoms with van der Waals surface area (Å²) in [6.45, 7) is 7.88. The van der Waals surface area contributed by atoms with E-state index in [0.29, 0.717) is 0 Å². The van der Waals surface area contributed by atoms with Crippen LogP contribution in [0.1, 0.15) is 26.7 Å². The lowest BCUT2D eigenvalue weighted by molar-refractivity contribution is 0.341. The topological polar surface area (TPSA) is 15.3 Å². The third-order valence-electron chi connectivity index (χ3n) is 1.52. The van der Waals surface area contributed by atoms with Crippen LogP contribution >= 0.6 is 0 Å². The number of rotatable bonds is 5. The van der Waals surface area contributed by atoms with Crippen LogP contribution in [0.2, 0.25) is 0 Å². The molecule has 0 bridgehead atoms. The second-order valence-corrected chi connectivity index (χ2v) is 2.35. The minimum absolute atomic E-state index is 1.05. The highest BCUT2D eigenvalue weighted by molar-refractivity contribution is 4.98. The van der Waals surface area contributed by atoms with Crippen molar-refractivity contribution in [2.45, 2.75) is 26.7 Å². The van der Waals surface area contributed by atoms with Crippen molar-refractivity contribution in [2.24, 2.45) is 0 Å². The molecule has 0 unspecified atom stereocenters. The molecule has 0 radical (unpaired) electrons. The van der Waals surface area contributed by atoms with Gasteiger partial charge in [0.05, 0.1) is 0 Å². The molecule has 0 aliphatic heterocycles. The zero-order valence-electron chi connectivity index (χ0n) is 7.72. The van der Waals surface area contributed by atoms with E-state index in [0.717, 1.165) is 12.8 Å². The molecule has 1 N–H and O–H groups in total. The van der Waals surface area contributed by atoms with Crippen molar-refractivity contribution in [3.63, 3.8) is 0 Å². The fourth-order valence-electron chi connectivity index (χ4n) is 0.974. The molecule has 0 spiro atoms. The molecule has 2 nitrogen and oxygen atoms in total. The fraction of sp³-hybridized carbons (Fsp3) is 0.556. The van der Waals surface area contributed by atoms with Crippen molar-refractivity contribution < 1.29 is 0 Å². The summed E-state index contributed by atoms with van der Waals surface area (Å²) in [5.74, 6) is 0. The molecule has 2 heteroatoms. The Kier molecular flexibility index (Phi) is 5.35. The van der Waals surface area contributed by atoms with Crippen LogP contribution in [0.4, 0.5) is 0 Å². The maximum atomic E-state index is 3.60. The van der Waals surface area contributed by atoms with E-state index in [4.69, 9.17) is 0 Å². The molecule has 0 heterocycles. The van der Waals surface area contributed by atoms with E-state index in [2.05, 4.69) is 31.9 Å². The van der Waals surface area contributed by atoms with Crippen molar-refractivity contribution >= 4 is 0 Å². The highest BCUT2D eigenvalue weighted by Gasteiger charge is 1.96. The lowest BCUT2D eigenvalue weighted by atomic mass is 10.3. The number of hydrogen-bond acceptors (Lipinski definition) is 2. The summed E-state index contributed by atoms with van der Waals surface area (Å²) >= 11 is 0. The number of hydrazine groups is 1. The van der Waals surface area contributed by atoms with E-state index < -0.39 is 0 Å². The first-order valence-corrected chi connectivity index (χ1v) is 4.06. The van der Waals surface area contributed by atoms with Gasteiger partial charge in [0.25, 0.3) is 0 Å². The molecule has 11 heavy (non-hydrogen) atoms. The van der Waals surface area contributed by atoms with Gasteiger partial charge in [-0.15, -0.1) is 0 Å². The predicted molar refractivity (Wildman–Crippen MR) is 49.8 cm³/mol. The van der Waals surface area contributed by atoms with Gasteiger partial charge in [-0.1, -0.05) is 26.5 Å². The molecule has 0 aliphatic carbocycles. The number of nitrogens with one attached hydrogen (secondary N) is 1. The molecule has 0 aromatic rings. The van der Waals surface area contributed by atoms with E-state index in [1.807, 2.05) is 12.1 Å². The van der Waals surface area contributed by atoms with Gasteiger partial charge in [0, 0.05) is 18.9 Å². The molecule has 0 aromatic heterocycles. The van der Waals surface area contributed by atoms with E-state index >= 15 is 0 Å². The molecular weight excluding hydrogens is 136 g/mol. The van der Waals surface area contributed by atoms with Gasteiger partial charge in [-0.2, -0.15) is 0 Å². The fourth-order valence-corrected chi connectivity index (χ4v) is 0.974. The van der Waals surface area contributed by atoms with Crippen LogP contribution in [0.25, 0.3) is 0 Å². The highest BCUT2D eigenvalue weighted by Crippen LogP contribution is 2.04. The van der Waals surface area contributed by atoms with Gasteiger partial charge in [-0.05, 0) is 12.8 Å². The van der Waals surface area contributed by atoms with Crippen LogP contribution in [-0.4, -0.2) is 12.1 Å². The molecule has 0 atom stereocenters. The van der Waals surface area contributed by atoms with Gasteiger partial charge in [0.1, 0.15) is 0 Å². The third kappa shape index (κ3) is 3.71. The van der Waals surface area contributed by atoms with Crippen molar-refractivity contribution in [1.29, 1.82) is 0 Å². The maximum absolute atomic E-state index is 3.60. The summed E-state index contributed by atoms with van der Waals surface area (Å²) in [4.78, 5) is 0. The van der Waals surface area contributed by atoms with Gasteiger partial charge in [0.15, 0.2) is 0 Å². The first-order chi connectivity index (χ1) is 5.26. The molecule has 0 fully saturated rings. The average molecular weight is 154 g/mol. The summed E-state index contributed by atoms with van der Waals surface area (Å²) < 4.78 is 0. The van der Waals surface area contributed by atoms with E-state index in [9.17, 15) is 0 Å². The smallest absolute Gasteiger partial charge is 0.0299 e. The molecule has 0 aliphatic rings. The monoisotopic (exact) mass is 154 g/mol. The Morgan fingerprint density at radius 3 is 2.55 bits per heavy atom. The van der Waals surface area contributed by atoms with Crippen LogP contribution in [0, 0.1) is 0 Å². The number of nitrogens with zero attached hydrogens (tertiary/aromatic N) is 1. The average Bonchev–Trinajstić information content (AvgIpc) is 2.00. The zero-order chi connectivity index (χ0) is 8.69. The van der Waals surface area contributed by atoms with Gasteiger partial charge >= 0.3 is 0 Å². The van der Waals surface area contributed by atoms with Crippen LogP contribution in [-0.2, 0) is 0 Å². The first-order valence-electron chi connectivity index (χ1n) is 4.06. The third-order valence-corrected chi connectivity index (χ3v) is 1.52. The lowest BCUT2D eigenvalue weighted by Crippen LogP contribution is -2.28. The predicted octanol–water partition coefficient (Wildman–Crippen LogP) is 2.27. The Morgan fingerprint density at radius 1 is 1.55 bits per heavy atom. The molecular formula is C9H18N2. The highest BCUT2D eigenvalue weighted by atomic mass is 15.5. The Morgan fingerprint density at radius 2 is 2.18 bits per heavy atom. The largest absolute Gasteiger partial charge is 0.307 e. The van der Waals surface area contributed by atoms with Crippen molar-refractivity contribution in [2.75, 3.05) is 7.05 Å². The van der Waals surface area contributed by atoms with Gasteiger partial charge < -0.3 is 5.43 Å². The normalized spacial score (nSPS) is 11.0. The maximum Gasteiger partial charge on any atom is 0.0299 e. The van der Waals surface area contributed by atoms with Crippen LogP contribution in [0.3, 0.4) is 0 Å². The summed E-state index contributed by atoms with van der Waals surface area (Å²) in [5, 5.41) is 1.98. The molecule has 64 valence electrons. The van der Waals surface area contributed by atoms with Gasteiger partial charge in [-0.3, -0.25) is 5.01 Å². The number of allylic oxidation sites excluding steroid dienone is 2. The van der Waals surface area contributed by atoms with Gasteiger partial charge in [-0.25, -0.2) is 0 Å². The summed E-state index contributed by atoms with van der Waals surface area (Å²) in [5.41, 5.74) is 4.31. The summed E-state index contributed by atoms with van der Waals surface area (Å²) in [7, 11) is 1.99. The molecule has 0 saturated heterocycles. The minimum atomic E-state index is 1.05. The van der Waals surface area contributed by atoms with Crippen molar-refractivity contribution in [3.8, 4) is 0 Å². The van der Waals surface area contributed by atoms with Gasteiger partial charge in [0.2, 0.25) is 0 Å². The Labute approximate surface area is 69.6 Å². The molecule has 0 saturated carbocycles. The summed E-state index contributed by atoms with van der Waals surface area (Å²) in [6, 6.07) is 0. The summed E-state index contributed by atoms with van der Waals surface area (Å²) in [6.07, 6.45) is 6.01. The Balaban J connectivity index is 4.01. The van der Waals surface area contributed by atoms with E-state index in [-0.39, 0.29) is 0 Å². The lowest BCUT2D eigenvalue weighted by Gasteiger charge is -2.21. The molecule has 0 amide bonds. The minimum Gasteiger partial charge on any atom is -0.307 e. The van der Waals surface area contributed by atoms with E-state index in [1.165, 1.54) is 5.70 Å². The van der Waals surface area contributed by atoms with Crippen LogP contribution in [0.15, 0.2) is 24.6 Å². The number of hydrogen-bond donors (Lipinski definition) is 1.